The van der Waals surface area contributed by atoms with Crippen LogP contribution in [0.15, 0.2) is 18.2 Å². The number of amides is 2. The minimum absolute atomic E-state index is 0.134. The predicted octanol–water partition coefficient (Wildman–Crippen LogP) is 2.03. The van der Waals surface area contributed by atoms with Gasteiger partial charge in [-0.05, 0) is 56.5 Å². The Morgan fingerprint density at radius 1 is 1.00 bits per heavy atom. The van der Waals surface area contributed by atoms with Gasteiger partial charge in [0.25, 0.3) is 5.91 Å². The molecule has 2 aliphatic heterocycles. The molecule has 0 atom stereocenters. The zero-order chi connectivity index (χ0) is 18.5. The average molecular weight is 365 g/mol. The standard InChI is InChI=1S/C19H25F2N3O2/c20-16-3-2-15(13-17(16)21)19(26)24-11-9-23(10-12-24)18(25)4-1-14-5-7-22-8-6-14/h2-3,13-14,22H,1,4-12H2. The Labute approximate surface area is 152 Å². The lowest BCUT2D eigenvalue weighted by molar-refractivity contribution is -0.133. The van der Waals surface area contributed by atoms with Crippen molar-refractivity contribution in [3.63, 3.8) is 0 Å². The van der Waals surface area contributed by atoms with Crippen molar-refractivity contribution in [2.75, 3.05) is 39.3 Å². The van der Waals surface area contributed by atoms with Crippen LogP contribution in [0.1, 0.15) is 36.0 Å². The smallest absolute Gasteiger partial charge is 0.254 e. The quantitative estimate of drug-likeness (QED) is 0.888. The van der Waals surface area contributed by atoms with Gasteiger partial charge >= 0.3 is 0 Å². The first kappa shape index (κ1) is 18.8. The normalized spacial score (nSPS) is 18.8. The molecule has 142 valence electrons. The van der Waals surface area contributed by atoms with E-state index in [0.717, 1.165) is 44.5 Å². The summed E-state index contributed by atoms with van der Waals surface area (Å²) < 4.78 is 26.3. The molecule has 0 bridgehead atoms. The third-order valence-corrected chi connectivity index (χ3v) is 5.31. The van der Waals surface area contributed by atoms with Gasteiger partial charge in [0.2, 0.25) is 5.91 Å². The predicted molar refractivity (Wildman–Crippen MR) is 93.7 cm³/mol. The fourth-order valence-corrected chi connectivity index (χ4v) is 3.63. The molecule has 2 saturated heterocycles. The molecule has 26 heavy (non-hydrogen) atoms. The molecule has 2 aliphatic rings. The lowest BCUT2D eigenvalue weighted by Gasteiger charge is -2.35. The van der Waals surface area contributed by atoms with Gasteiger partial charge in [0.1, 0.15) is 0 Å². The zero-order valence-electron chi connectivity index (χ0n) is 14.8. The Morgan fingerprint density at radius 2 is 1.65 bits per heavy atom. The van der Waals surface area contributed by atoms with E-state index in [0.29, 0.717) is 38.5 Å². The Balaban J connectivity index is 1.46. The number of nitrogens with zero attached hydrogens (tertiary/aromatic N) is 2. The van der Waals surface area contributed by atoms with Crippen LogP contribution in [0.4, 0.5) is 8.78 Å². The van der Waals surface area contributed by atoms with Gasteiger partial charge in [0, 0.05) is 38.2 Å². The van der Waals surface area contributed by atoms with Gasteiger partial charge in [0.05, 0.1) is 0 Å². The van der Waals surface area contributed by atoms with E-state index >= 15 is 0 Å². The summed E-state index contributed by atoms with van der Waals surface area (Å²) >= 11 is 0. The van der Waals surface area contributed by atoms with Crippen LogP contribution in [0.25, 0.3) is 0 Å². The minimum Gasteiger partial charge on any atom is -0.339 e. The molecule has 2 amide bonds. The zero-order valence-corrected chi connectivity index (χ0v) is 14.8. The molecule has 2 fully saturated rings. The van der Waals surface area contributed by atoms with Crippen molar-refractivity contribution in [3.05, 3.63) is 35.4 Å². The van der Waals surface area contributed by atoms with Crippen molar-refractivity contribution in [2.45, 2.75) is 25.7 Å². The van der Waals surface area contributed by atoms with Crippen molar-refractivity contribution >= 4 is 11.8 Å². The van der Waals surface area contributed by atoms with Gasteiger partial charge in [-0.1, -0.05) is 0 Å². The summed E-state index contributed by atoms with van der Waals surface area (Å²) in [5.41, 5.74) is 0.134. The van der Waals surface area contributed by atoms with E-state index in [9.17, 15) is 18.4 Å². The summed E-state index contributed by atoms with van der Waals surface area (Å²) in [6, 6.07) is 3.18. The molecule has 7 heteroatoms. The molecule has 5 nitrogen and oxygen atoms in total. The highest BCUT2D eigenvalue weighted by atomic mass is 19.2. The van der Waals surface area contributed by atoms with Crippen molar-refractivity contribution in [2.24, 2.45) is 5.92 Å². The Hall–Kier alpha value is -2.02. The lowest BCUT2D eigenvalue weighted by Crippen LogP contribution is -2.50. The molecule has 1 N–H and O–H groups in total. The Bertz CT molecular complexity index is 654. The number of carbonyl (C=O) groups is 2. The van der Waals surface area contributed by atoms with Crippen molar-refractivity contribution in [1.82, 2.24) is 15.1 Å². The molecule has 0 aliphatic carbocycles. The van der Waals surface area contributed by atoms with Crippen LogP contribution in [0.2, 0.25) is 0 Å². The van der Waals surface area contributed by atoms with Gasteiger partial charge in [-0.3, -0.25) is 9.59 Å². The van der Waals surface area contributed by atoms with Crippen LogP contribution >= 0.6 is 0 Å². The molecule has 0 aromatic heterocycles. The fourth-order valence-electron chi connectivity index (χ4n) is 3.63. The summed E-state index contributed by atoms with van der Waals surface area (Å²) in [6.45, 7) is 3.86. The van der Waals surface area contributed by atoms with Crippen LogP contribution in [-0.4, -0.2) is 60.9 Å². The van der Waals surface area contributed by atoms with Gasteiger partial charge < -0.3 is 15.1 Å². The van der Waals surface area contributed by atoms with E-state index in [1.807, 2.05) is 0 Å². The molecule has 3 rings (SSSR count). The summed E-state index contributed by atoms with van der Waals surface area (Å²) in [5, 5.41) is 3.32. The second-order valence-electron chi connectivity index (χ2n) is 7.03. The molecule has 0 unspecified atom stereocenters. The van der Waals surface area contributed by atoms with Crippen LogP contribution in [0.5, 0.6) is 0 Å². The first-order valence-electron chi connectivity index (χ1n) is 9.27. The average Bonchev–Trinajstić information content (AvgIpc) is 2.68. The summed E-state index contributed by atoms with van der Waals surface area (Å²) in [7, 11) is 0. The monoisotopic (exact) mass is 365 g/mol. The molecule has 0 spiro atoms. The fraction of sp³-hybridized carbons (Fsp3) is 0.579. The summed E-state index contributed by atoms with van der Waals surface area (Å²) in [5.74, 6) is -1.56. The maximum Gasteiger partial charge on any atom is 0.254 e. The van der Waals surface area contributed by atoms with Crippen LogP contribution in [0.3, 0.4) is 0 Å². The van der Waals surface area contributed by atoms with Crippen LogP contribution in [0, 0.1) is 17.6 Å². The van der Waals surface area contributed by atoms with Crippen molar-refractivity contribution in [3.8, 4) is 0 Å². The molecule has 0 radical (unpaired) electrons. The van der Waals surface area contributed by atoms with E-state index < -0.39 is 11.6 Å². The summed E-state index contributed by atoms with van der Waals surface area (Å²) in [4.78, 5) is 28.2. The van der Waals surface area contributed by atoms with E-state index in [-0.39, 0.29) is 17.4 Å². The highest BCUT2D eigenvalue weighted by Crippen LogP contribution is 2.19. The Kier molecular flexibility index (Phi) is 6.19. The van der Waals surface area contributed by atoms with E-state index in [1.165, 1.54) is 6.07 Å². The number of piperazine rings is 1. The number of piperidine rings is 1. The number of halogens is 2. The first-order chi connectivity index (χ1) is 12.5. The highest BCUT2D eigenvalue weighted by Gasteiger charge is 2.26. The first-order valence-corrected chi connectivity index (χ1v) is 9.27. The van der Waals surface area contributed by atoms with E-state index in [2.05, 4.69) is 5.32 Å². The second-order valence-corrected chi connectivity index (χ2v) is 7.03. The third kappa shape index (κ3) is 4.58. The number of carbonyl (C=O) groups excluding carboxylic acids is 2. The number of hydrogen-bond acceptors (Lipinski definition) is 3. The van der Waals surface area contributed by atoms with Gasteiger partial charge in [-0.15, -0.1) is 0 Å². The van der Waals surface area contributed by atoms with Gasteiger partial charge in [-0.25, -0.2) is 8.78 Å². The van der Waals surface area contributed by atoms with Crippen molar-refractivity contribution in [1.29, 1.82) is 0 Å². The Morgan fingerprint density at radius 3 is 2.31 bits per heavy atom. The van der Waals surface area contributed by atoms with E-state index in [1.54, 1.807) is 9.80 Å². The maximum atomic E-state index is 13.3. The van der Waals surface area contributed by atoms with Gasteiger partial charge in [-0.2, -0.15) is 0 Å². The number of rotatable bonds is 4. The largest absolute Gasteiger partial charge is 0.339 e. The van der Waals surface area contributed by atoms with Crippen molar-refractivity contribution < 1.29 is 18.4 Å². The molecule has 1 aromatic carbocycles. The molecule has 2 heterocycles. The van der Waals surface area contributed by atoms with Gasteiger partial charge in [0.15, 0.2) is 11.6 Å². The third-order valence-electron chi connectivity index (χ3n) is 5.31. The maximum absolute atomic E-state index is 13.3. The van der Waals surface area contributed by atoms with Crippen LogP contribution in [-0.2, 0) is 4.79 Å². The second kappa shape index (κ2) is 8.58. The number of benzene rings is 1. The SMILES string of the molecule is O=C(CCC1CCNCC1)N1CCN(C(=O)c2ccc(F)c(F)c2)CC1. The minimum atomic E-state index is -1.03. The lowest BCUT2D eigenvalue weighted by atomic mass is 9.93. The van der Waals surface area contributed by atoms with Crippen LogP contribution < -0.4 is 5.32 Å². The topological polar surface area (TPSA) is 52.7 Å². The molecule has 1 aromatic rings. The number of hydrogen-bond donors (Lipinski definition) is 1. The molecular formula is C19H25F2N3O2. The molecule has 0 saturated carbocycles. The summed E-state index contributed by atoms with van der Waals surface area (Å²) in [6.07, 6.45) is 3.74. The van der Waals surface area contributed by atoms with E-state index in [4.69, 9.17) is 0 Å². The number of nitrogens with one attached hydrogen (secondary N) is 1. The molecular weight excluding hydrogens is 340 g/mol. The highest BCUT2D eigenvalue weighted by molar-refractivity contribution is 5.94.